The van der Waals surface area contributed by atoms with Crippen molar-refractivity contribution >= 4 is 40.5 Å². The summed E-state index contributed by atoms with van der Waals surface area (Å²) in [6.45, 7) is 17.3. The highest BCUT2D eigenvalue weighted by molar-refractivity contribution is 7.96. The van der Waals surface area contributed by atoms with Gasteiger partial charge in [0.05, 0.1) is 12.0 Å². The van der Waals surface area contributed by atoms with E-state index in [1.54, 1.807) is 30.5 Å². The number of hydrogen-bond acceptors (Lipinski definition) is 6. The lowest BCUT2D eigenvalue weighted by Gasteiger charge is -2.38. The Morgan fingerprint density at radius 1 is 1.03 bits per heavy atom. The molecule has 1 rings (SSSR count). The van der Waals surface area contributed by atoms with Crippen molar-refractivity contribution in [1.82, 2.24) is 4.90 Å². The van der Waals surface area contributed by atoms with Crippen molar-refractivity contribution in [2.75, 3.05) is 20.7 Å². The number of carbonyl (C=O) groups excluding carboxylic acids is 1. The van der Waals surface area contributed by atoms with Crippen LogP contribution >= 0.6 is 0 Å². The topological polar surface area (TPSA) is 72.9 Å². The average molecular weight is 542 g/mol. The fourth-order valence-electron chi connectivity index (χ4n) is 4.19. The van der Waals surface area contributed by atoms with Crippen LogP contribution in [0, 0.1) is 0 Å². The van der Waals surface area contributed by atoms with Gasteiger partial charge in [0.25, 0.3) is 0 Å². The summed E-state index contributed by atoms with van der Waals surface area (Å²) >= 11 is 0. The highest BCUT2D eigenvalue weighted by Crippen LogP contribution is 2.29. The van der Waals surface area contributed by atoms with Crippen molar-refractivity contribution in [3.8, 4) is 0 Å². The molecule has 0 fully saturated rings. The van der Waals surface area contributed by atoms with Crippen LogP contribution in [0.15, 0.2) is 58.5 Å². The molecule has 0 aliphatic carbocycles. The van der Waals surface area contributed by atoms with Crippen molar-refractivity contribution in [3.63, 3.8) is 0 Å². The van der Waals surface area contributed by atoms with Gasteiger partial charge >= 0.3 is 5.97 Å². The van der Waals surface area contributed by atoms with Crippen LogP contribution in [0.4, 0.5) is 0 Å². The zero-order valence-electron chi connectivity index (χ0n) is 22.3. The third-order valence-electron chi connectivity index (χ3n) is 4.99. The Morgan fingerprint density at radius 2 is 1.62 bits per heavy atom. The maximum Gasteiger partial charge on any atom is 0.349 e. The molecule has 0 spiro atoms. The number of esters is 1. The summed E-state index contributed by atoms with van der Waals surface area (Å²) in [5, 5.41) is 0. The molecule has 0 aliphatic heterocycles. The second-order valence-corrected chi connectivity index (χ2v) is 28.1. The number of hydrogen-bond donors (Lipinski definition) is 0. The molecule has 0 radical (unpaired) electrons. The highest BCUT2D eigenvalue weighted by atomic mass is 32.2. The van der Waals surface area contributed by atoms with E-state index in [0.29, 0.717) is 0 Å². The zero-order chi connectivity index (χ0) is 26.2. The molecule has 0 heterocycles. The molecule has 0 N–H and O–H groups in total. The monoisotopic (exact) mass is 541 g/mol. The Morgan fingerprint density at radius 3 is 2.12 bits per heavy atom. The first-order valence-corrected chi connectivity index (χ1v) is 23.1. The molecule has 0 aliphatic rings. The molecule has 0 aromatic heterocycles. The van der Waals surface area contributed by atoms with Crippen molar-refractivity contribution < 1.29 is 22.1 Å². The first-order valence-electron chi connectivity index (χ1n) is 11.7. The van der Waals surface area contributed by atoms with Crippen molar-refractivity contribution in [2.45, 2.75) is 68.9 Å². The molecule has 0 bridgehead atoms. The summed E-state index contributed by atoms with van der Waals surface area (Å²) in [6.07, 6.45) is 5.70. The van der Waals surface area contributed by atoms with E-state index in [9.17, 15) is 13.2 Å². The lowest BCUT2D eigenvalue weighted by molar-refractivity contribution is -0.135. The third kappa shape index (κ3) is 10.9. The summed E-state index contributed by atoms with van der Waals surface area (Å²) in [4.78, 5) is 13.9. The van der Waals surface area contributed by atoms with E-state index in [1.165, 1.54) is 31.0 Å². The first kappa shape index (κ1) is 30.6. The van der Waals surface area contributed by atoms with Gasteiger partial charge in [-0.3, -0.25) is 0 Å². The SMILES string of the molecule is COC(=O)C(=CC=CN(C)CCC[Si](C)(C[Si](C)(C)C)O[Si](C)(C)C)S(=O)(=O)c1ccccc1. The van der Waals surface area contributed by atoms with Crippen LogP contribution in [-0.4, -0.2) is 64.7 Å². The van der Waals surface area contributed by atoms with Crippen molar-refractivity contribution in [3.05, 3.63) is 53.6 Å². The molecule has 1 unspecified atom stereocenters. The summed E-state index contributed by atoms with van der Waals surface area (Å²) < 4.78 is 37.3. The fourth-order valence-corrected chi connectivity index (χ4v) is 23.4. The van der Waals surface area contributed by atoms with Gasteiger partial charge in [0, 0.05) is 21.7 Å². The van der Waals surface area contributed by atoms with Gasteiger partial charge in [-0.05, 0) is 74.8 Å². The molecular formula is C24H43NO5SSi3. The normalized spacial score (nSPS) is 15.3. The minimum absolute atomic E-state index is 0.0578. The summed E-state index contributed by atoms with van der Waals surface area (Å²) in [5.74, 6) is -0.882. The Bertz CT molecular complexity index is 949. The van der Waals surface area contributed by atoms with E-state index in [-0.39, 0.29) is 9.80 Å². The van der Waals surface area contributed by atoms with Crippen molar-refractivity contribution in [2.24, 2.45) is 0 Å². The van der Waals surface area contributed by atoms with E-state index in [2.05, 4.69) is 45.8 Å². The molecule has 34 heavy (non-hydrogen) atoms. The van der Waals surface area contributed by atoms with E-state index < -0.39 is 40.5 Å². The Labute approximate surface area is 210 Å². The van der Waals surface area contributed by atoms with Gasteiger partial charge in [0.2, 0.25) is 9.84 Å². The first-order chi connectivity index (χ1) is 15.5. The lowest BCUT2D eigenvalue weighted by atomic mass is 10.4. The molecule has 10 heteroatoms. The van der Waals surface area contributed by atoms with Crippen LogP contribution in [-0.2, 0) is 23.5 Å². The number of allylic oxidation sites excluding steroid dienone is 2. The van der Waals surface area contributed by atoms with Crippen LogP contribution in [0.2, 0.25) is 57.5 Å². The number of sulfone groups is 1. The van der Waals surface area contributed by atoms with Gasteiger partial charge in [-0.1, -0.05) is 37.8 Å². The van der Waals surface area contributed by atoms with Gasteiger partial charge in [-0.2, -0.15) is 0 Å². The van der Waals surface area contributed by atoms with Crippen LogP contribution in [0.1, 0.15) is 6.42 Å². The average Bonchev–Trinajstić information content (AvgIpc) is 2.68. The van der Waals surface area contributed by atoms with E-state index in [0.717, 1.165) is 19.0 Å². The quantitative estimate of drug-likeness (QED) is 0.139. The molecule has 1 aromatic rings. The molecule has 0 saturated carbocycles. The van der Waals surface area contributed by atoms with Gasteiger partial charge in [0.1, 0.15) is 0 Å². The fraction of sp³-hybridized carbons (Fsp3) is 0.542. The predicted molar refractivity (Wildman–Crippen MR) is 149 cm³/mol. The Hall–Kier alpha value is -1.47. The lowest BCUT2D eigenvalue weighted by Crippen LogP contribution is -2.49. The van der Waals surface area contributed by atoms with Crippen LogP contribution in [0.5, 0.6) is 0 Å². The second-order valence-electron chi connectivity index (χ2n) is 11.2. The van der Waals surface area contributed by atoms with Crippen LogP contribution in [0.25, 0.3) is 0 Å². The Balaban J connectivity index is 2.90. The van der Waals surface area contributed by atoms with Gasteiger partial charge in [0.15, 0.2) is 21.5 Å². The highest BCUT2D eigenvalue weighted by Gasteiger charge is 2.38. The second kappa shape index (κ2) is 12.5. The molecule has 1 atom stereocenters. The van der Waals surface area contributed by atoms with Crippen molar-refractivity contribution in [1.29, 1.82) is 0 Å². The number of methoxy groups -OCH3 is 1. The smallest absolute Gasteiger partial charge is 0.349 e. The van der Waals surface area contributed by atoms with Gasteiger partial charge in [-0.15, -0.1) is 0 Å². The predicted octanol–water partition coefficient (Wildman–Crippen LogP) is 5.66. The van der Waals surface area contributed by atoms with E-state index in [1.807, 2.05) is 11.9 Å². The van der Waals surface area contributed by atoms with Gasteiger partial charge in [-0.25, -0.2) is 13.2 Å². The van der Waals surface area contributed by atoms with E-state index in [4.69, 9.17) is 8.85 Å². The number of benzene rings is 1. The van der Waals surface area contributed by atoms with Crippen LogP contribution in [0.3, 0.4) is 0 Å². The third-order valence-corrected chi connectivity index (χ3v) is 19.8. The Kier molecular flexibility index (Phi) is 11.2. The molecule has 192 valence electrons. The largest absolute Gasteiger partial charge is 0.465 e. The summed E-state index contributed by atoms with van der Waals surface area (Å²) in [6, 6.07) is 9.00. The minimum Gasteiger partial charge on any atom is -0.465 e. The number of rotatable bonds is 13. The maximum absolute atomic E-state index is 12.9. The summed E-state index contributed by atoms with van der Waals surface area (Å²) in [7, 11) is -5.50. The molecular weight excluding hydrogens is 499 g/mol. The van der Waals surface area contributed by atoms with E-state index >= 15 is 0 Å². The minimum atomic E-state index is -3.97. The molecule has 0 saturated heterocycles. The van der Waals surface area contributed by atoms with Gasteiger partial charge < -0.3 is 13.8 Å². The molecule has 6 nitrogen and oxygen atoms in total. The molecule has 0 amide bonds. The number of ether oxygens (including phenoxy) is 1. The summed E-state index contributed by atoms with van der Waals surface area (Å²) in [5.41, 5.74) is 1.26. The molecule has 1 aromatic carbocycles. The van der Waals surface area contributed by atoms with Crippen LogP contribution < -0.4 is 0 Å². The standard InChI is InChI=1S/C24H43NO5SSi3/c1-25(19-14-20-34(9,21-32(3,4)5)30-33(6,7)8)18-13-17-23(24(26)29-2)31(27,28)22-15-11-10-12-16-22/h10-13,15-18H,14,19-21H2,1-9H3. The zero-order valence-corrected chi connectivity index (χ0v) is 26.2. The number of carbonyl (C=O) groups is 1. The maximum atomic E-state index is 12.9. The number of nitrogens with zero attached hydrogens (tertiary/aromatic N) is 1.